The minimum atomic E-state index is -0.336. The zero-order chi connectivity index (χ0) is 15.1. The molecule has 1 aromatic carbocycles. The number of hydrogen-bond donors (Lipinski definition) is 2. The molecule has 0 saturated carbocycles. The van der Waals surface area contributed by atoms with Crippen LogP contribution in [-0.2, 0) is 4.79 Å². The SMILES string of the molecule is CCOc1ccc(C(=O)NCC(=O)N(C)CC)cc1N. The quantitative estimate of drug-likeness (QED) is 0.757. The number of rotatable bonds is 6. The first-order valence-corrected chi connectivity index (χ1v) is 6.54. The molecule has 110 valence electrons. The van der Waals surface area contributed by atoms with Gasteiger partial charge in [0, 0.05) is 19.2 Å². The van der Waals surface area contributed by atoms with Crippen molar-refractivity contribution in [2.24, 2.45) is 0 Å². The van der Waals surface area contributed by atoms with E-state index in [9.17, 15) is 9.59 Å². The van der Waals surface area contributed by atoms with Crippen LogP contribution >= 0.6 is 0 Å². The number of likely N-dealkylation sites (N-methyl/N-ethyl adjacent to an activating group) is 1. The topological polar surface area (TPSA) is 84.7 Å². The molecule has 0 bridgehead atoms. The molecule has 0 heterocycles. The van der Waals surface area contributed by atoms with Gasteiger partial charge in [-0.05, 0) is 32.0 Å². The monoisotopic (exact) mass is 279 g/mol. The normalized spacial score (nSPS) is 9.95. The fourth-order valence-electron chi connectivity index (χ4n) is 1.55. The molecule has 0 saturated heterocycles. The second-order valence-electron chi connectivity index (χ2n) is 4.28. The fraction of sp³-hybridized carbons (Fsp3) is 0.429. The highest BCUT2D eigenvalue weighted by Gasteiger charge is 2.12. The molecule has 0 aliphatic carbocycles. The molecule has 2 amide bonds. The summed E-state index contributed by atoms with van der Waals surface area (Å²) < 4.78 is 5.30. The summed E-state index contributed by atoms with van der Waals surface area (Å²) in [6, 6.07) is 4.80. The Morgan fingerprint density at radius 1 is 1.35 bits per heavy atom. The van der Waals surface area contributed by atoms with Gasteiger partial charge in [-0.2, -0.15) is 0 Å². The maximum absolute atomic E-state index is 11.9. The lowest BCUT2D eigenvalue weighted by Crippen LogP contribution is -2.38. The lowest BCUT2D eigenvalue weighted by Gasteiger charge is -2.15. The van der Waals surface area contributed by atoms with Gasteiger partial charge in [-0.25, -0.2) is 0 Å². The van der Waals surface area contributed by atoms with Gasteiger partial charge in [-0.3, -0.25) is 9.59 Å². The lowest BCUT2D eigenvalue weighted by molar-refractivity contribution is -0.128. The van der Waals surface area contributed by atoms with Crippen molar-refractivity contribution in [2.75, 3.05) is 32.5 Å². The number of nitrogen functional groups attached to an aromatic ring is 1. The number of nitrogens with two attached hydrogens (primary N) is 1. The van der Waals surface area contributed by atoms with E-state index < -0.39 is 0 Å². The van der Waals surface area contributed by atoms with E-state index >= 15 is 0 Å². The van der Waals surface area contributed by atoms with Crippen molar-refractivity contribution >= 4 is 17.5 Å². The number of nitrogens with one attached hydrogen (secondary N) is 1. The van der Waals surface area contributed by atoms with Crippen LogP contribution in [0.2, 0.25) is 0 Å². The van der Waals surface area contributed by atoms with Gasteiger partial charge in [0.15, 0.2) is 0 Å². The summed E-state index contributed by atoms with van der Waals surface area (Å²) in [5.74, 6) is 0.0724. The summed E-state index contributed by atoms with van der Waals surface area (Å²) in [4.78, 5) is 25.0. The van der Waals surface area contributed by atoms with Crippen LogP contribution in [0, 0.1) is 0 Å². The largest absolute Gasteiger partial charge is 0.492 e. The predicted molar refractivity (Wildman–Crippen MR) is 77.7 cm³/mol. The number of nitrogens with zero attached hydrogens (tertiary/aromatic N) is 1. The molecule has 0 radical (unpaired) electrons. The van der Waals surface area contributed by atoms with E-state index in [0.29, 0.717) is 30.2 Å². The Kier molecular flexibility index (Phi) is 5.83. The summed E-state index contributed by atoms with van der Waals surface area (Å²) in [5, 5.41) is 2.57. The van der Waals surface area contributed by atoms with Gasteiger partial charge < -0.3 is 20.7 Å². The molecular weight excluding hydrogens is 258 g/mol. The highest BCUT2D eigenvalue weighted by atomic mass is 16.5. The summed E-state index contributed by atoms with van der Waals surface area (Å²) >= 11 is 0. The van der Waals surface area contributed by atoms with Crippen molar-refractivity contribution in [3.05, 3.63) is 23.8 Å². The molecule has 0 atom stereocenters. The maximum atomic E-state index is 11.9. The molecular formula is C14H21N3O3. The summed E-state index contributed by atoms with van der Waals surface area (Å²) in [6.45, 7) is 4.80. The predicted octanol–water partition coefficient (Wildman–Crippen LogP) is 0.876. The average Bonchev–Trinajstić information content (AvgIpc) is 2.45. The molecule has 0 spiro atoms. The van der Waals surface area contributed by atoms with Crippen LogP contribution in [0.4, 0.5) is 5.69 Å². The number of hydrogen-bond acceptors (Lipinski definition) is 4. The number of carbonyl (C=O) groups excluding carboxylic acids is 2. The minimum Gasteiger partial charge on any atom is -0.492 e. The number of anilines is 1. The molecule has 1 rings (SSSR count). The van der Waals surface area contributed by atoms with Gasteiger partial charge in [0.1, 0.15) is 5.75 Å². The van der Waals surface area contributed by atoms with Gasteiger partial charge in [0.25, 0.3) is 5.91 Å². The van der Waals surface area contributed by atoms with E-state index in [2.05, 4.69) is 5.32 Å². The summed E-state index contributed by atoms with van der Waals surface area (Å²) in [7, 11) is 1.68. The van der Waals surface area contributed by atoms with E-state index in [1.807, 2.05) is 13.8 Å². The average molecular weight is 279 g/mol. The molecule has 0 aliphatic rings. The van der Waals surface area contributed by atoms with Gasteiger partial charge >= 0.3 is 0 Å². The second-order valence-corrected chi connectivity index (χ2v) is 4.28. The molecule has 6 nitrogen and oxygen atoms in total. The molecule has 0 aromatic heterocycles. The molecule has 0 aliphatic heterocycles. The van der Waals surface area contributed by atoms with E-state index in [1.54, 1.807) is 19.2 Å². The standard InChI is InChI=1S/C14H21N3O3/c1-4-17(3)13(18)9-16-14(19)10-6-7-12(20-5-2)11(15)8-10/h6-8H,4-5,9,15H2,1-3H3,(H,16,19). The minimum absolute atomic E-state index is 0.0315. The molecule has 6 heteroatoms. The summed E-state index contributed by atoms with van der Waals surface area (Å²) in [5.41, 5.74) is 6.59. The molecule has 20 heavy (non-hydrogen) atoms. The fourth-order valence-corrected chi connectivity index (χ4v) is 1.55. The smallest absolute Gasteiger partial charge is 0.251 e. The van der Waals surface area contributed by atoms with Crippen LogP contribution in [0.15, 0.2) is 18.2 Å². The first-order valence-electron chi connectivity index (χ1n) is 6.54. The first-order chi connectivity index (χ1) is 9.49. The number of carbonyl (C=O) groups is 2. The van der Waals surface area contributed by atoms with E-state index in [0.717, 1.165) is 0 Å². The molecule has 3 N–H and O–H groups in total. The van der Waals surface area contributed by atoms with Crippen molar-refractivity contribution in [1.82, 2.24) is 10.2 Å². The van der Waals surface area contributed by atoms with Crippen molar-refractivity contribution in [3.63, 3.8) is 0 Å². The van der Waals surface area contributed by atoms with Gasteiger partial charge in [0.05, 0.1) is 18.8 Å². The van der Waals surface area contributed by atoms with Crippen molar-refractivity contribution in [2.45, 2.75) is 13.8 Å². The highest BCUT2D eigenvalue weighted by molar-refractivity contribution is 5.97. The Morgan fingerprint density at radius 2 is 2.05 bits per heavy atom. The van der Waals surface area contributed by atoms with Crippen LogP contribution in [0.1, 0.15) is 24.2 Å². The van der Waals surface area contributed by atoms with Crippen molar-refractivity contribution < 1.29 is 14.3 Å². The third-order valence-electron chi connectivity index (χ3n) is 2.87. The Balaban J connectivity index is 2.64. The number of benzene rings is 1. The van der Waals surface area contributed by atoms with Crippen LogP contribution in [0.25, 0.3) is 0 Å². The lowest BCUT2D eigenvalue weighted by atomic mass is 10.1. The van der Waals surface area contributed by atoms with E-state index in [-0.39, 0.29) is 18.4 Å². The Hall–Kier alpha value is -2.24. The second kappa shape index (κ2) is 7.37. The zero-order valence-corrected chi connectivity index (χ0v) is 12.1. The molecule has 1 aromatic rings. The van der Waals surface area contributed by atoms with Gasteiger partial charge in [-0.15, -0.1) is 0 Å². The van der Waals surface area contributed by atoms with Crippen LogP contribution in [0.5, 0.6) is 5.75 Å². The highest BCUT2D eigenvalue weighted by Crippen LogP contribution is 2.22. The Bertz CT molecular complexity index is 489. The third kappa shape index (κ3) is 4.15. The number of amides is 2. The summed E-state index contributed by atoms with van der Waals surface area (Å²) in [6.07, 6.45) is 0. The van der Waals surface area contributed by atoms with Crippen molar-refractivity contribution in [3.8, 4) is 5.75 Å². The Labute approximate surface area is 118 Å². The van der Waals surface area contributed by atoms with Crippen LogP contribution < -0.4 is 15.8 Å². The van der Waals surface area contributed by atoms with Gasteiger partial charge in [0.2, 0.25) is 5.91 Å². The van der Waals surface area contributed by atoms with E-state index in [1.165, 1.54) is 11.0 Å². The Morgan fingerprint density at radius 3 is 2.60 bits per heavy atom. The zero-order valence-electron chi connectivity index (χ0n) is 12.1. The van der Waals surface area contributed by atoms with Crippen LogP contribution in [-0.4, -0.2) is 43.5 Å². The van der Waals surface area contributed by atoms with Crippen molar-refractivity contribution in [1.29, 1.82) is 0 Å². The van der Waals surface area contributed by atoms with Gasteiger partial charge in [-0.1, -0.05) is 0 Å². The maximum Gasteiger partial charge on any atom is 0.251 e. The molecule has 0 unspecified atom stereocenters. The molecule has 0 fully saturated rings. The first kappa shape index (κ1) is 15.8. The van der Waals surface area contributed by atoms with Crippen LogP contribution in [0.3, 0.4) is 0 Å². The third-order valence-corrected chi connectivity index (χ3v) is 2.87. The number of ether oxygens (including phenoxy) is 1. The van der Waals surface area contributed by atoms with E-state index in [4.69, 9.17) is 10.5 Å².